The first kappa shape index (κ1) is 75.4. The monoisotopic (exact) mass is 1130 g/mol. The third-order valence-electron chi connectivity index (χ3n) is 15.6. The van der Waals surface area contributed by atoms with Crippen molar-refractivity contribution in [3.63, 3.8) is 0 Å². The molecule has 0 aromatic carbocycles. The molecule has 0 aromatic rings. The molecule has 1 amide bonds. The maximum absolute atomic E-state index is 13.5. The molecule has 466 valence electrons. The lowest BCUT2D eigenvalue weighted by atomic mass is 9.99. The van der Waals surface area contributed by atoms with Crippen LogP contribution in [0.1, 0.15) is 303 Å². The molecule has 0 spiro atoms. The number of esters is 1. The summed E-state index contributed by atoms with van der Waals surface area (Å²) >= 11 is 0. The molecule has 0 radical (unpaired) electrons. The van der Waals surface area contributed by atoms with Crippen LogP contribution < -0.4 is 5.32 Å². The van der Waals surface area contributed by atoms with Crippen molar-refractivity contribution in [3.05, 3.63) is 60.8 Å². The van der Waals surface area contributed by atoms with E-state index in [0.29, 0.717) is 12.8 Å². The van der Waals surface area contributed by atoms with E-state index in [2.05, 4.69) is 74.7 Å². The van der Waals surface area contributed by atoms with Crippen LogP contribution in [0.3, 0.4) is 0 Å². The highest BCUT2D eigenvalue weighted by Gasteiger charge is 2.47. The van der Waals surface area contributed by atoms with E-state index in [-0.39, 0.29) is 19.4 Å². The molecule has 80 heavy (non-hydrogen) atoms. The third-order valence-corrected chi connectivity index (χ3v) is 15.6. The number of allylic oxidation sites excluding steroid dienone is 9. The SMILES string of the molecule is CCCCC/C=C\C/C=C\C/C=C\CCCCCCC(=O)OC1C(OCC(NC(=O)C(O)CCCCCCCCCCCCCC/C=C/CCCCCCCC)C(O)/C=C/CCCCCCCCCCCC)OC(CO)C(O)C1O. The number of nitrogens with one attached hydrogen (secondary N) is 1. The third kappa shape index (κ3) is 44.0. The molecule has 1 heterocycles. The van der Waals surface area contributed by atoms with Gasteiger partial charge in [-0.15, -0.1) is 0 Å². The van der Waals surface area contributed by atoms with E-state index < -0.39 is 67.4 Å². The van der Waals surface area contributed by atoms with E-state index in [4.69, 9.17) is 14.2 Å². The van der Waals surface area contributed by atoms with E-state index in [1.54, 1.807) is 6.08 Å². The number of rotatable bonds is 57. The lowest BCUT2D eigenvalue weighted by molar-refractivity contribution is -0.305. The largest absolute Gasteiger partial charge is 0.454 e. The normalized spacial score (nSPS) is 19.1. The molecular formula is C69H125NO10. The maximum atomic E-state index is 13.5. The Morgan fingerprint density at radius 2 is 0.863 bits per heavy atom. The average Bonchev–Trinajstić information content (AvgIpc) is 3.45. The van der Waals surface area contributed by atoms with Crippen molar-refractivity contribution >= 4 is 11.9 Å². The zero-order chi connectivity index (χ0) is 58.2. The summed E-state index contributed by atoms with van der Waals surface area (Å²) in [4.78, 5) is 26.6. The number of unbranched alkanes of at least 4 members (excludes halogenated alkanes) is 35. The molecule has 1 aliphatic rings. The Labute approximate surface area is 490 Å². The Kier molecular flexibility index (Phi) is 53.5. The molecule has 1 rings (SSSR count). The molecule has 0 aliphatic carbocycles. The van der Waals surface area contributed by atoms with Crippen LogP contribution in [0.15, 0.2) is 60.8 Å². The molecule has 1 saturated heterocycles. The Bertz CT molecular complexity index is 1530. The van der Waals surface area contributed by atoms with Gasteiger partial charge >= 0.3 is 5.97 Å². The molecule has 1 fully saturated rings. The molecule has 0 aromatic heterocycles. The van der Waals surface area contributed by atoms with E-state index in [0.717, 1.165) is 83.5 Å². The van der Waals surface area contributed by atoms with Crippen molar-refractivity contribution < 1.29 is 49.3 Å². The standard InChI is InChI=1S/C69H125NO10/c1-4-7-10-13-16-19-22-25-27-29-30-31-32-33-35-36-38-41-44-47-50-53-56-62(73)68(77)70-60(61(72)55-52-49-46-43-40-24-21-18-15-12-9-6-3)59-78-69-67(66(76)65(75)63(58-71)79-69)80-64(74)57-54-51-48-45-42-39-37-34-28-26-23-20-17-14-11-8-5-2/h17,20,25-28,37,39,52,55,60-63,65-67,69,71-73,75-76H,4-16,18-19,21-24,29-36,38,40-51,53-54,56-59H2,1-3H3,(H,70,77)/b20-17-,27-25+,28-26-,39-37-,55-52+. The Morgan fingerprint density at radius 3 is 1.32 bits per heavy atom. The van der Waals surface area contributed by atoms with Gasteiger partial charge in [-0.05, 0) is 89.9 Å². The van der Waals surface area contributed by atoms with Gasteiger partial charge < -0.3 is 45.1 Å². The second-order valence-electron chi connectivity index (χ2n) is 23.2. The fraction of sp³-hybridized carbons (Fsp3) is 0.826. The van der Waals surface area contributed by atoms with Crippen LogP contribution in [-0.2, 0) is 23.8 Å². The van der Waals surface area contributed by atoms with Crippen LogP contribution in [0.25, 0.3) is 0 Å². The van der Waals surface area contributed by atoms with Crippen LogP contribution in [0.4, 0.5) is 0 Å². The molecule has 6 N–H and O–H groups in total. The van der Waals surface area contributed by atoms with Gasteiger partial charge in [0.05, 0.1) is 25.4 Å². The minimum Gasteiger partial charge on any atom is -0.454 e. The number of aliphatic hydroxyl groups is 5. The van der Waals surface area contributed by atoms with Crippen LogP contribution in [0, 0.1) is 0 Å². The topological polar surface area (TPSA) is 175 Å². The van der Waals surface area contributed by atoms with Gasteiger partial charge in [-0.3, -0.25) is 9.59 Å². The summed E-state index contributed by atoms with van der Waals surface area (Å²) in [6.07, 6.45) is 61.1. The zero-order valence-corrected chi connectivity index (χ0v) is 51.7. The van der Waals surface area contributed by atoms with Crippen molar-refractivity contribution in [2.24, 2.45) is 0 Å². The smallest absolute Gasteiger partial charge is 0.306 e. The predicted molar refractivity (Wildman–Crippen MR) is 333 cm³/mol. The second kappa shape index (κ2) is 56.8. The highest BCUT2D eigenvalue weighted by Crippen LogP contribution is 2.26. The fourth-order valence-corrected chi connectivity index (χ4v) is 10.3. The summed E-state index contributed by atoms with van der Waals surface area (Å²) in [7, 11) is 0. The molecule has 11 nitrogen and oxygen atoms in total. The number of carbonyl (C=O) groups is 2. The molecule has 8 atom stereocenters. The van der Waals surface area contributed by atoms with E-state index in [9.17, 15) is 35.1 Å². The van der Waals surface area contributed by atoms with Crippen molar-refractivity contribution in [1.29, 1.82) is 0 Å². The summed E-state index contributed by atoms with van der Waals surface area (Å²) in [5, 5.41) is 57.1. The van der Waals surface area contributed by atoms with Crippen LogP contribution in [-0.4, -0.2) is 99.6 Å². The first-order valence-corrected chi connectivity index (χ1v) is 33.6. The van der Waals surface area contributed by atoms with Crippen LogP contribution in [0.2, 0.25) is 0 Å². The van der Waals surface area contributed by atoms with Gasteiger partial charge in [0.1, 0.15) is 24.4 Å². The van der Waals surface area contributed by atoms with Gasteiger partial charge in [-0.2, -0.15) is 0 Å². The van der Waals surface area contributed by atoms with Crippen molar-refractivity contribution in [2.75, 3.05) is 13.2 Å². The van der Waals surface area contributed by atoms with Gasteiger partial charge in [-0.25, -0.2) is 0 Å². The summed E-state index contributed by atoms with van der Waals surface area (Å²) < 4.78 is 17.6. The summed E-state index contributed by atoms with van der Waals surface area (Å²) in [5.74, 6) is -1.21. The van der Waals surface area contributed by atoms with Gasteiger partial charge in [0.2, 0.25) is 5.91 Å². The van der Waals surface area contributed by atoms with Gasteiger partial charge in [-0.1, -0.05) is 268 Å². The minimum atomic E-state index is -1.62. The summed E-state index contributed by atoms with van der Waals surface area (Å²) in [6.45, 7) is 5.77. The number of carbonyl (C=O) groups excluding carboxylic acids is 2. The molecule has 0 saturated carbocycles. The van der Waals surface area contributed by atoms with E-state index in [1.165, 1.54) is 173 Å². The van der Waals surface area contributed by atoms with Crippen molar-refractivity contribution in [1.82, 2.24) is 5.32 Å². The molecule has 11 heteroatoms. The average molecular weight is 1130 g/mol. The number of amides is 1. The fourth-order valence-electron chi connectivity index (χ4n) is 10.3. The van der Waals surface area contributed by atoms with E-state index in [1.807, 2.05) is 6.08 Å². The van der Waals surface area contributed by atoms with Crippen LogP contribution >= 0.6 is 0 Å². The lowest BCUT2D eigenvalue weighted by Crippen LogP contribution is -2.61. The van der Waals surface area contributed by atoms with Gasteiger partial charge in [0.15, 0.2) is 12.4 Å². The highest BCUT2D eigenvalue weighted by atomic mass is 16.7. The Balaban J connectivity index is 2.63. The number of hydrogen-bond donors (Lipinski definition) is 6. The van der Waals surface area contributed by atoms with Crippen LogP contribution in [0.5, 0.6) is 0 Å². The Morgan fingerprint density at radius 1 is 0.487 bits per heavy atom. The number of hydrogen-bond acceptors (Lipinski definition) is 10. The highest BCUT2D eigenvalue weighted by molar-refractivity contribution is 5.80. The van der Waals surface area contributed by atoms with Gasteiger partial charge in [0.25, 0.3) is 0 Å². The lowest BCUT2D eigenvalue weighted by Gasteiger charge is -2.41. The number of ether oxygens (including phenoxy) is 3. The van der Waals surface area contributed by atoms with E-state index >= 15 is 0 Å². The zero-order valence-electron chi connectivity index (χ0n) is 51.7. The van der Waals surface area contributed by atoms with Crippen molar-refractivity contribution in [3.8, 4) is 0 Å². The predicted octanol–water partition coefficient (Wildman–Crippen LogP) is 16.6. The quantitative estimate of drug-likeness (QED) is 0.0195. The minimum absolute atomic E-state index is 0.0976. The van der Waals surface area contributed by atoms with Crippen molar-refractivity contribution in [2.45, 2.75) is 352 Å². The summed E-state index contributed by atoms with van der Waals surface area (Å²) in [6, 6.07) is -1.03. The molecule has 8 unspecified atom stereocenters. The maximum Gasteiger partial charge on any atom is 0.306 e. The summed E-state index contributed by atoms with van der Waals surface area (Å²) in [5.41, 5.74) is 0. The second-order valence-corrected chi connectivity index (χ2v) is 23.2. The van der Waals surface area contributed by atoms with Gasteiger partial charge in [0, 0.05) is 6.42 Å². The first-order valence-electron chi connectivity index (χ1n) is 33.6. The molecule has 0 bridgehead atoms. The molecule has 1 aliphatic heterocycles. The Hall–Kier alpha value is -2.64. The number of aliphatic hydroxyl groups excluding tert-OH is 5. The first-order chi connectivity index (χ1) is 39.2. The molecular weight excluding hydrogens is 1000 g/mol.